The summed E-state index contributed by atoms with van der Waals surface area (Å²) in [6.45, 7) is 16.6. The number of hydrogen-bond donors (Lipinski definition) is 7. The minimum atomic E-state index is -1.78. The van der Waals surface area contributed by atoms with Gasteiger partial charge in [-0.1, -0.05) is 92.5 Å². The van der Waals surface area contributed by atoms with Gasteiger partial charge in [0.15, 0.2) is 5.78 Å². The van der Waals surface area contributed by atoms with E-state index in [2.05, 4.69) is 26.6 Å². The highest BCUT2D eigenvalue weighted by atomic mass is 16.3. The molecule has 1 aromatic rings. The molecule has 1 aromatic carbocycles. The van der Waals surface area contributed by atoms with E-state index in [1.807, 2.05) is 45.9 Å². The fraction of sp³-hybridized carbons (Fsp3) is 0.658. The van der Waals surface area contributed by atoms with Crippen molar-refractivity contribution in [3.8, 4) is 0 Å². The van der Waals surface area contributed by atoms with Gasteiger partial charge in [0.2, 0.25) is 29.5 Å². The molecule has 0 fully saturated rings. The Kier molecular flexibility index (Phi) is 18.3. The van der Waals surface area contributed by atoms with Crippen LogP contribution in [0.4, 0.5) is 0 Å². The smallest absolute Gasteiger partial charge is 0.245 e. The average molecular weight is 731 g/mol. The van der Waals surface area contributed by atoms with Crippen LogP contribution in [-0.4, -0.2) is 89.1 Å². The molecule has 14 nitrogen and oxygen atoms in total. The number of ketones is 1. The molecule has 0 radical (unpaired) electrons. The number of aldehydes is 1. The Hall–Kier alpha value is -4.17. The number of nitrogens with two attached hydrogens (primary N) is 1. The first-order valence-electron chi connectivity index (χ1n) is 18.0. The van der Waals surface area contributed by atoms with E-state index in [4.69, 9.17) is 5.73 Å². The third-order valence-corrected chi connectivity index (χ3v) is 8.81. The molecule has 292 valence electrons. The molecule has 0 aliphatic rings. The minimum absolute atomic E-state index is 0.0353. The fourth-order valence-corrected chi connectivity index (χ4v) is 5.67. The van der Waals surface area contributed by atoms with E-state index in [1.54, 1.807) is 40.7 Å². The van der Waals surface area contributed by atoms with Gasteiger partial charge in [-0.25, -0.2) is 0 Å². The normalized spacial score (nSPS) is 15.7. The second-order valence-electron chi connectivity index (χ2n) is 15.5. The maximum Gasteiger partial charge on any atom is 0.245 e. The van der Waals surface area contributed by atoms with Crippen LogP contribution in [0.2, 0.25) is 0 Å². The van der Waals surface area contributed by atoms with Crippen LogP contribution in [0.5, 0.6) is 0 Å². The van der Waals surface area contributed by atoms with Crippen molar-refractivity contribution >= 4 is 41.6 Å². The third-order valence-electron chi connectivity index (χ3n) is 8.81. The zero-order valence-electron chi connectivity index (χ0n) is 32.6. The number of aryl methyl sites for hydroxylation is 1. The molecule has 8 N–H and O–H groups in total. The van der Waals surface area contributed by atoms with Gasteiger partial charge < -0.3 is 42.2 Å². The van der Waals surface area contributed by atoms with E-state index < -0.39 is 89.0 Å². The molecule has 0 heterocycles. The Morgan fingerprint density at radius 1 is 0.827 bits per heavy atom. The van der Waals surface area contributed by atoms with Crippen LogP contribution >= 0.6 is 0 Å². The van der Waals surface area contributed by atoms with E-state index in [-0.39, 0.29) is 25.2 Å². The molecule has 0 aliphatic carbocycles. The van der Waals surface area contributed by atoms with Crippen LogP contribution in [0, 0.1) is 24.2 Å². The summed E-state index contributed by atoms with van der Waals surface area (Å²) in [5, 5.41) is 22.9. The zero-order chi connectivity index (χ0) is 40.0. The second-order valence-corrected chi connectivity index (χ2v) is 15.5. The maximum atomic E-state index is 14.2. The molecule has 1 unspecified atom stereocenters. The lowest BCUT2D eigenvalue weighted by atomic mass is 9.82. The van der Waals surface area contributed by atoms with Crippen LogP contribution < -0.4 is 32.3 Å². The van der Waals surface area contributed by atoms with Gasteiger partial charge >= 0.3 is 0 Å². The quantitative estimate of drug-likeness (QED) is 0.0716. The van der Waals surface area contributed by atoms with E-state index in [0.29, 0.717) is 19.1 Å². The first-order valence-corrected chi connectivity index (χ1v) is 18.0. The molecule has 0 saturated carbocycles. The highest BCUT2D eigenvalue weighted by molar-refractivity contribution is 6.07. The van der Waals surface area contributed by atoms with Crippen LogP contribution in [-0.2, 0) is 40.0 Å². The number of nitrogens with one attached hydrogen (secondary N) is 5. The summed E-state index contributed by atoms with van der Waals surface area (Å²) < 4.78 is 0. The van der Waals surface area contributed by atoms with Gasteiger partial charge in [0.25, 0.3) is 0 Å². The Morgan fingerprint density at radius 3 is 1.88 bits per heavy atom. The van der Waals surface area contributed by atoms with Gasteiger partial charge in [-0.3, -0.25) is 28.8 Å². The predicted octanol–water partition coefficient (Wildman–Crippen LogP) is 1.38. The Labute approximate surface area is 308 Å². The van der Waals surface area contributed by atoms with E-state index in [0.717, 1.165) is 11.1 Å². The van der Waals surface area contributed by atoms with Gasteiger partial charge in [0, 0.05) is 13.3 Å². The number of carbonyl (C=O) groups is 7. The molecule has 0 spiro atoms. The summed E-state index contributed by atoms with van der Waals surface area (Å²) in [6.07, 6.45) is 2.06. The monoisotopic (exact) mass is 730 g/mol. The van der Waals surface area contributed by atoms with Crippen molar-refractivity contribution in [2.24, 2.45) is 23.0 Å². The SMILES string of the molecule is CCCCC(N)(C=O)C(=O)[C@H](CC(C)C)NC(=O)[C@@H](NC(=O)[C@H](Cc1ccccc1C)NC(=O)[C@H](NC(=O)[C@H](CO)NC(C)=O)C(C)C)C(C)(C)C. The molecule has 5 amide bonds. The molecule has 6 atom stereocenters. The first kappa shape index (κ1) is 45.9. The van der Waals surface area contributed by atoms with Crippen LogP contribution in [0.15, 0.2) is 24.3 Å². The van der Waals surface area contributed by atoms with E-state index in [9.17, 15) is 38.7 Å². The summed E-state index contributed by atoms with van der Waals surface area (Å²) >= 11 is 0. The fourth-order valence-electron chi connectivity index (χ4n) is 5.67. The Bertz CT molecular complexity index is 1410. The first-order chi connectivity index (χ1) is 24.1. The van der Waals surface area contributed by atoms with Crippen LogP contribution in [0.25, 0.3) is 0 Å². The highest BCUT2D eigenvalue weighted by Gasteiger charge is 2.42. The number of aliphatic hydroxyl groups excluding tert-OH is 1. The molecular weight excluding hydrogens is 668 g/mol. The Balaban J connectivity index is 3.50. The summed E-state index contributed by atoms with van der Waals surface area (Å²) in [7, 11) is 0. The molecule has 0 bridgehead atoms. The van der Waals surface area contributed by atoms with Crippen molar-refractivity contribution < 1.29 is 38.7 Å². The second kappa shape index (κ2) is 20.8. The molecule has 1 rings (SSSR count). The summed E-state index contributed by atoms with van der Waals surface area (Å²) in [5.74, 6) is -4.51. The van der Waals surface area contributed by atoms with Crippen molar-refractivity contribution in [1.82, 2.24) is 26.6 Å². The molecule has 0 saturated heterocycles. The van der Waals surface area contributed by atoms with E-state index in [1.165, 1.54) is 6.92 Å². The number of amides is 5. The van der Waals surface area contributed by atoms with Gasteiger partial charge in [-0.15, -0.1) is 0 Å². The summed E-state index contributed by atoms with van der Waals surface area (Å²) in [5.41, 5.74) is 5.22. The molecular formula is C38H62N6O8. The number of benzene rings is 1. The number of carbonyl (C=O) groups excluding carboxylic acids is 7. The Morgan fingerprint density at radius 2 is 1.40 bits per heavy atom. The number of Topliss-reactive ketones (excluding diaryl/α,β-unsaturated/α-hetero) is 1. The topological polar surface area (TPSA) is 226 Å². The standard InChI is InChI=1S/C38H62N6O8/c1-11-12-17-38(39,21-46)32(48)27(18-22(2)3)41-36(52)31(37(8,9)10)44-33(49)28(19-26-16-14-13-15-24(26)6)42-35(51)30(23(4)5)43-34(50)29(20-45)40-25(7)47/h13-16,21-23,27-31,45H,11-12,17-20,39H2,1-10H3,(H,40,47)(H,41,52)(H,42,51)(H,43,50)(H,44,49)/t27-,28-,29-,30+,31+,38?/m0/s1. The lowest BCUT2D eigenvalue weighted by Gasteiger charge is -2.35. The summed E-state index contributed by atoms with van der Waals surface area (Å²) in [6, 6.07) is 1.33. The molecule has 14 heteroatoms. The van der Waals surface area contributed by atoms with Gasteiger partial charge in [-0.05, 0) is 48.1 Å². The van der Waals surface area contributed by atoms with Gasteiger partial charge in [0.1, 0.15) is 36.0 Å². The van der Waals surface area contributed by atoms with Gasteiger partial charge in [0.05, 0.1) is 12.6 Å². The van der Waals surface area contributed by atoms with Crippen molar-refractivity contribution in [2.45, 2.75) is 137 Å². The van der Waals surface area contributed by atoms with Crippen molar-refractivity contribution in [1.29, 1.82) is 0 Å². The summed E-state index contributed by atoms with van der Waals surface area (Å²) in [4.78, 5) is 92.1. The van der Waals surface area contributed by atoms with Crippen molar-refractivity contribution in [3.63, 3.8) is 0 Å². The van der Waals surface area contributed by atoms with Crippen LogP contribution in [0.1, 0.15) is 99.1 Å². The lowest BCUT2D eigenvalue weighted by Crippen LogP contribution is -2.63. The average Bonchev–Trinajstić information content (AvgIpc) is 3.05. The number of rotatable bonds is 21. The number of hydrogen-bond acceptors (Lipinski definition) is 9. The molecule has 0 aromatic heterocycles. The highest BCUT2D eigenvalue weighted by Crippen LogP contribution is 2.22. The number of unbranched alkanes of at least 4 members (excludes halogenated alkanes) is 1. The minimum Gasteiger partial charge on any atom is -0.394 e. The van der Waals surface area contributed by atoms with Crippen LogP contribution in [0.3, 0.4) is 0 Å². The zero-order valence-corrected chi connectivity index (χ0v) is 32.6. The predicted molar refractivity (Wildman–Crippen MR) is 199 cm³/mol. The third kappa shape index (κ3) is 14.1. The largest absolute Gasteiger partial charge is 0.394 e. The van der Waals surface area contributed by atoms with Crippen molar-refractivity contribution in [2.75, 3.05) is 6.61 Å². The van der Waals surface area contributed by atoms with E-state index >= 15 is 0 Å². The molecule has 0 aliphatic heterocycles. The number of aliphatic hydroxyl groups is 1. The lowest BCUT2D eigenvalue weighted by molar-refractivity contribution is -0.138. The molecule has 52 heavy (non-hydrogen) atoms. The van der Waals surface area contributed by atoms with Gasteiger partial charge in [-0.2, -0.15) is 0 Å². The maximum absolute atomic E-state index is 14.2. The van der Waals surface area contributed by atoms with Crippen molar-refractivity contribution in [3.05, 3.63) is 35.4 Å².